The zero-order valence-electron chi connectivity index (χ0n) is 13.1. The molecule has 118 valence electrons. The van der Waals surface area contributed by atoms with Crippen LogP contribution < -0.4 is 0 Å². The molecule has 0 aliphatic rings. The summed E-state index contributed by atoms with van der Waals surface area (Å²) >= 11 is 0. The molecular formula is C19H19FN2O. The highest BCUT2D eigenvalue weighted by Gasteiger charge is 2.16. The summed E-state index contributed by atoms with van der Waals surface area (Å²) in [7, 11) is 0. The Balaban J connectivity index is 2.15. The molecule has 0 radical (unpaired) electrons. The maximum atomic E-state index is 13.6. The molecule has 0 unspecified atom stereocenters. The second-order valence-electron chi connectivity index (χ2n) is 5.37. The van der Waals surface area contributed by atoms with Crippen LogP contribution in [0.1, 0.15) is 34.8 Å². The van der Waals surface area contributed by atoms with Gasteiger partial charge in [0.1, 0.15) is 5.82 Å². The van der Waals surface area contributed by atoms with E-state index in [1.54, 1.807) is 4.90 Å². The van der Waals surface area contributed by atoms with Crippen molar-refractivity contribution in [2.75, 3.05) is 13.1 Å². The van der Waals surface area contributed by atoms with Crippen molar-refractivity contribution in [3.8, 4) is 6.07 Å². The largest absolute Gasteiger partial charge is 0.338 e. The van der Waals surface area contributed by atoms with Crippen molar-refractivity contribution < 1.29 is 9.18 Å². The molecule has 0 atom stereocenters. The lowest BCUT2D eigenvalue weighted by molar-refractivity contribution is 0.0757. The zero-order valence-corrected chi connectivity index (χ0v) is 13.1. The monoisotopic (exact) mass is 310 g/mol. The van der Waals surface area contributed by atoms with Crippen LogP contribution in [0, 0.1) is 17.1 Å². The molecule has 0 aliphatic heterocycles. The maximum Gasteiger partial charge on any atom is 0.254 e. The van der Waals surface area contributed by atoms with E-state index in [0.29, 0.717) is 13.1 Å². The van der Waals surface area contributed by atoms with Crippen LogP contribution in [0.15, 0.2) is 48.5 Å². The van der Waals surface area contributed by atoms with E-state index >= 15 is 0 Å². The van der Waals surface area contributed by atoms with Gasteiger partial charge < -0.3 is 4.90 Å². The third-order valence-corrected chi connectivity index (χ3v) is 3.57. The van der Waals surface area contributed by atoms with E-state index in [2.05, 4.69) is 0 Å². The lowest BCUT2D eigenvalue weighted by atomic mass is 10.1. The molecule has 0 fully saturated rings. The molecule has 0 bridgehead atoms. The van der Waals surface area contributed by atoms with Gasteiger partial charge in [0.15, 0.2) is 0 Å². The number of hydrogen-bond acceptors (Lipinski definition) is 2. The minimum Gasteiger partial charge on any atom is -0.338 e. The first-order valence-corrected chi connectivity index (χ1v) is 7.68. The highest BCUT2D eigenvalue weighted by Crippen LogP contribution is 2.13. The molecule has 0 saturated carbocycles. The van der Waals surface area contributed by atoms with Gasteiger partial charge in [0.05, 0.1) is 11.6 Å². The highest BCUT2D eigenvalue weighted by molar-refractivity contribution is 5.94. The second-order valence-corrected chi connectivity index (χ2v) is 5.37. The number of nitrogens with zero attached hydrogens (tertiary/aromatic N) is 2. The van der Waals surface area contributed by atoms with Crippen LogP contribution in [0.3, 0.4) is 0 Å². The minimum atomic E-state index is -0.563. The van der Waals surface area contributed by atoms with Crippen LogP contribution in [0.4, 0.5) is 4.39 Å². The molecule has 0 heterocycles. The van der Waals surface area contributed by atoms with E-state index in [-0.39, 0.29) is 17.0 Å². The molecule has 0 aromatic heterocycles. The van der Waals surface area contributed by atoms with Gasteiger partial charge in [-0.15, -0.1) is 0 Å². The molecule has 23 heavy (non-hydrogen) atoms. The number of halogens is 1. The van der Waals surface area contributed by atoms with Gasteiger partial charge in [-0.3, -0.25) is 4.79 Å². The summed E-state index contributed by atoms with van der Waals surface area (Å²) in [5.74, 6) is -0.800. The first-order chi connectivity index (χ1) is 11.1. The summed E-state index contributed by atoms with van der Waals surface area (Å²) < 4.78 is 13.6. The summed E-state index contributed by atoms with van der Waals surface area (Å²) in [5, 5.41) is 8.92. The van der Waals surface area contributed by atoms with Crippen molar-refractivity contribution in [2.45, 2.75) is 19.8 Å². The van der Waals surface area contributed by atoms with E-state index in [0.717, 1.165) is 24.5 Å². The average molecular weight is 310 g/mol. The summed E-state index contributed by atoms with van der Waals surface area (Å²) in [6.45, 7) is 3.16. The smallest absolute Gasteiger partial charge is 0.254 e. The molecule has 0 spiro atoms. The Bertz CT molecular complexity index is 707. The number of amides is 1. The number of rotatable bonds is 6. The van der Waals surface area contributed by atoms with Crippen LogP contribution in [-0.4, -0.2) is 23.9 Å². The van der Waals surface area contributed by atoms with Gasteiger partial charge in [0.2, 0.25) is 0 Å². The fourth-order valence-electron chi connectivity index (χ4n) is 2.45. The SMILES string of the molecule is CCCN(CCc1ccccc1)C(=O)c1cc(F)cc(C#N)c1. The first kappa shape index (κ1) is 16.7. The van der Waals surface area contributed by atoms with Crippen molar-refractivity contribution in [2.24, 2.45) is 0 Å². The molecule has 1 amide bonds. The first-order valence-electron chi connectivity index (χ1n) is 7.68. The maximum absolute atomic E-state index is 13.6. The van der Waals surface area contributed by atoms with E-state index in [9.17, 15) is 9.18 Å². The fourth-order valence-corrected chi connectivity index (χ4v) is 2.45. The minimum absolute atomic E-state index is 0.160. The van der Waals surface area contributed by atoms with Crippen molar-refractivity contribution >= 4 is 5.91 Å². The van der Waals surface area contributed by atoms with Gasteiger partial charge in [-0.2, -0.15) is 5.26 Å². The Hall–Kier alpha value is -2.67. The number of benzene rings is 2. The summed E-state index contributed by atoms with van der Waals surface area (Å²) in [6, 6.07) is 15.6. The van der Waals surface area contributed by atoms with Crippen molar-refractivity contribution in [1.29, 1.82) is 5.26 Å². The molecular weight excluding hydrogens is 291 g/mol. The van der Waals surface area contributed by atoms with E-state index in [4.69, 9.17) is 5.26 Å². The molecule has 4 heteroatoms. The molecule has 2 aromatic rings. The molecule has 0 saturated heterocycles. The van der Waals surface area contributed by atoms with Crippen LogP contribution in [0.2, 0.25) is 0 Å². The number of nitriles is 1. The standard InChI is InChI=1S/C19H19FN2O/c1-2-9-22(10-8-15-6-4-3-5-7-15)19(23)17-11-16(14-21)12-18(20)13-17/h3-7,11-13H,2,8-10H2,1H3. The Morgan fingerprint density at radius 1 is 1.17 bits per heavy atom. The van der Waals surface area contributed by atoms with Gasteiger partial charge in [-0.25, -0.2) is 4.39 Å². The molecule has 0 aliphatic carbocycles. The van der Waals surface area contributed by atoms with Crippen LogP contribution in [0.5, 0.6) is 0 Å². The van der Waals surface area contributed by atoms with E-state index in [1.807, 2.05) is 43.3 Å². The van der Waals surface area contributed by atoms with Crippen molar-refractivity contribution in [3.63, 3.8) is 0 Å². The van der Waals surface area contributed by atoms with E-state index < -0.39 is 5.82 Å². The van der Waals surface area contributed by atoms with Gasteiger partial charge >= 0.3 is 0 Å². The zero-order chi connectivity index (χ0) is 16.7. The highest BCUT2D eigenvalue weighted by atomic mass is 19.1. The average Bonchev–Trinajstić information content (AvgIpc) is 2.58. The predicted molar refractivity (Wildman–Crippen MR) is 87.5 cm³/mol. The van der Waals surface area contributed by atoms with Gasteiger partial charge in [-0.05, 0) is 36.6 Å². The third-order valence-electron chi connectivity index (χ3n) is 3.57. The van der Waals surface area contributed by atoms with Gasteiger partial charge in [0, 0.05) is 18.7 Å². The quantitative estimate of drug-likeness (QED) is 0.814. The van der Waals surface area contributed by atoms with Crippen LogP contribution in [0.25, 0.3) is 0 Å². The molecule has 2 aromatic carbocycles. The molecule has 0 N–H and O–H groups in total. The lowest BCUT2D eigenvalue weighted by Crippen LogP contribution is -2.33. The lowest BCUT2D eigenvalue weighted by Gasteiger charge is -2.22. The van der Waals surface area contributed by atoms with E-state index in [1.165, 1.54) is 12.1 Å². The van der Waals surface area contributed by atoms with Crippen LogP contribution in [-0.2, 0) is 6.42 Å². The van der Waals surface area contributed by atoms with Crippen LogP contribution >= 0.6 is 0 Å². The summed E-state index contributed by atoms with van der Waals surface area (Å²) in [6.07, 6.45) is 1.56. The van der Waals surface area contributed by atoms with Crippen molar-refractivity contribution in [1.82, 2.24) is 4.90 Å². The Morgan fingerprint density at radius 2 is 1.91 bits per heavy atom. The second kappa shape index (κ2) is 8.09. The predicted octanol–water partition coefficient (Wildman–Crippen LogP) is 3.79. The van der Waals surface area contributed by atoms with Gasteiger partial charge in [0.25, 0.3) is 5.91 Å². The summed E-state index contributed by atoms with van der Waals surface area (Å²) in [4.78, 5) is 14.3. The van der Waals surface area contributed by atoms with Gasteiger partial charge in [-0.1, -0.05) is 37.3 Å². The summed E-state index contributed by atoms with van der Waals surface area (Å²) in [5.41, 5.74) is 1.54. The number of hydrogen-bond donors (Lipinski definition) is 0. The Kier molecular flexibility index (Phi) is 5.87. The normalized spacial score (nSPS) is 10.1. The number of carbonyl (C=O) groups is 1. The topological polar surface area (TPSA) is 44.1 Å². The van der Waals surface area contributed by atoms with Crippen molar-refractivity contribution in [3.05, 3.63) is 71.0 Å². The number of carbonyl (C=O) groups excluding carboxylic acids is 1. The third kappa shape index (κ3) is 4.65. The molecule has 2 rings (SSSR count). The molecule has 3 nitrogen and oxygen atoms in total. The fraction of sp³-hybridized carbons (Fsp3) is 0.263. The Morgan fingerprint density at radius 3 is 2.57 bits per heavy atom. The Labute approximate surface area is 136 Å².